The van der Waals surface area contributed by atoms with Crippen molar-refractivity contribution in [3.63, 3.8) is 0 Å². The molecule has 4 aliphatic carbocycles. The summed E-state index contributed by atoms with van der Waals surface area (Å²) in [6, 6.07) is 7.87. The van der Waals surface area contributed by atoms with E-state index in [1.54, 1.807) is 0 Å². The molecule has 0 radical (unpaired) electrons. The van der Waals surface area contributed by atoms with Gasteiger partial charge in [0, 0.05) is 0 Å². The van der Waals surface area contributed by atoms with E-state index in [4.69, 9.17) is 0 Å². The molecule has 1 aliphatic heterocycles. The fourth-order valence-corrected chi connectivity index (χ4v) is 5.09. The van der Waals surface area contributed by atoms with Crippen molar-refractivity contribution in [2.75, 3.05) is 4.90 Å². The summed E-state index contributed by atoms with van der Waals surface area (Å²) in [5, 5.41) is 0. The Morgan fingerprint density at radius 1 is 0.955 bits per heavy atom. The van der Waals surface area contributed by atoms with Crippen LogP contribution in [0.2, 0.25) is 0 Å². The molecule has 22 heavy (non-hydrogen) atoms. The van der Waals surface area contributed by atoms with E-state index in [1.807, 2.05) is 24.3 Å². The minimum atomic E-state index is -0.0999. The average Bonchev–Trinajstić information content (AvgIpc) is 3.32. The number of carbonyl (C=O) groups is 2. The largest absolute Gasteiger partial charge is 0.274 e. The van der Waals surface area contributed by atoms with E-state index in [0.717, 1.165) is 12.1 Å². The van der Waals surface area contributed by atoms with Crippen LogP contribution < -0.4 is 4.90 Å². The number of hydrogen-bond donors (Lipinski definition) is 0. The molecule has 1 aromatic carbocycles. The summed E-state index contributed by atoms with van der Waals surface area (Å²) < 4.78 is 0. The number of rotatable bonds is 2. The van der Waals surface area contributed by atoms with Gasteiger partial charge in [-0.05, 0) is 54.2 Å². The maximum absolute atomic E-state index is 12.9. The highest BCUT2D eigenvalue weighted by molar-refractivity contribution is 6.22. The normalized spacial score (nSPS) is 40.9. The molecule has 0 unspecified atom stereocenters. The SMILES string of the molecule is CCc1ccc(N2C(=O)[C@@H]3[C@H]4C=C[C@@H]([C@@H]5C[C@@H]45)[C@@H]3C2=O)cc1. The van der Waals surface area contributed by atoms with Crippen LogP contribution in [-0.2, 0) is 16.0 Å². The monoisotopic (exact) mass is 293 g/mol. The van der Waals surface area contributed by atoms with E-state index in [-0.39, 0.29) is 23.7 Å². The van der Waals surface area contributed by atoms with Gasteiger partial charge in [0.05, 0.1) is 17.5 Å². The second kappa shape index (κ2) is 4.09. The number of nitrogens with zero attached hydrogens (tertiary/aromatic N) is 1. The van der Waals surface area contributed by atoms with Crippen LogP contribution in [0.3, 0.4) is 0 Å². The molecule has 3 nitrogen and oxygen atoms in total. The molecule has 112 valence electrons. The Balaban J connectivity index is 1.54. The Labute approximate surface area is 130 Å². The molecule has 6 rings (SSSR count). The van der Waals surface area contributed by atoms with Crippen LogP contribution in [0.1, 0.15) is 18.9 Å². The smallest absolute Gasteiger partial charge is 0.238 e. The van der Waals surface area contributed by atoms with Gasteiger partial charge in [0.25, 0.3) is 0 Å². The zero-order valence-electron chi connectivity index (χ0n) is 12.6. The molecule has 3 heteroatoms. The van der Waals surface area contributed by atoms with Crippen molar-refractivity contribution in [1.29, 1.82) is 0 Å². The number of amides is 2. The quantitative estimate of drug-likeness (QED) is 0.621. The minimum Gasteiger partial charge on any atom is -0.274 e. The maximum atomic E-state index is 12.9. The van der Waals surface area contributed by atoms with Gasteiger partial charge >= 0.3 is 0 Å². The maximum Gasteiger partial charge on any atom is 0.238 e. The van der Waals surface area contributed by atoms with Gasteiger partial charge < -0.3 is 0 Å². The predicted molar refractivity (Wildman–Crippen MR) is 83.0 cm³/mol. The number of carbonyl (C=O) groups excluding carboxylic acids is 2. The van der Waals surface area contributed by atoms with E-state index in [0.29, 0.717) is 23.7 Å². The van der Waals surface area contributed by atoms with Gasteiger partial charge in [-0.3, -0.25) is 14.5 Å². The Morgan fingerprint density at radius 3 is 2.00 bits per heavy atom. The Bertz CT molecular complexity index is 669. The summed E-state index contributed by atoms with van der Waals surface area (Å²) in [6.07, 6.45) is 6.61. The summed E-state index contributed by atoms with van der Waals surface area (Å²) in [5.41, 5.74) is 1.97. The lowest BCUT2D eigenvalue weighted by atomic mass is 9.63. The molecule has 0 N–H and O–H groups in total. The molecule has 6 atom stereocenters. The van der Waals surface area contributed by atoms with Crippen LogP contribution in [0.5, 0.6) is 0 Å². The van der Waals surface area contributed by atoms with Gasteiger partial charge in [0.2, 0.25) is 11.8 Å². The Kier molecular flexibility index (Phi) is 2.35. The van der Waals surface area contributed by atoms with Crippen LogP contribution in [-0.4, -0.2) is 11.8 Å². The molecular weight excluding hydrogens is 274 g/mol. The zero-order valence-corrected chi connectivity index (χ0v) is 12.6. The van der Waals surface area contributed by atoms with Crippen molar-refractivity contribution in [2.24, 2.45) is 35.5 Å². The predicted octanol–water partition coefficient (Wildman–Crippen LogP) is 2.81. The van der Waals surface area contributed by atoms with Crippen molar-refractivity contribution in [3.8, 4) is 0 Å². The average molecular weight is 293 g/mol. The van der Waals surface area contributed by atoms with Crippen molar-refractivity contribution in [3.05, 3.63) is 42.0 Å². The highest BCUT2D eigenvalue weighted by Crippen LogP contribution is 2.65. The lowest BCUT2D eigenvalue weighted by molar-refractivity contribution is -0.124. The van der Waals surface area contributed by atoms with Crippen LogP contribution in [0.25, 0.3) is 0 Å². The van der Waals surface area contributed by atoms with Crippen molar-refractivity contribution < 1.29 is 9.59 Å². The summed E-state index contributed by atoms with van der Waals surface area (Å²) >= 11 is 0. The van der Waals surface area contributed by atoms with Gasteiger partial charge in [-0.15, -0.1) is 0 Å². The summed E-state index contributed by atoms with van der Waals surface area (Å²) in [5.74, 6) is 1.79. The van der Waals surface area contributed by atoms with Crippen molar-refractivity contribution in [1.82, 2.24) is 0 Å². The lowest BCUT2D eigenvalue weighted by Crippen LogP contribution is -2.40. The molecule has 0 spiro atoms. The van der Waals surface area contributed by atoms with E-state index in [9.17, 15) is 9.59 Å². The number of hydrogen-bond acceptors (Lipinski definition) is 2. The van der Waals surface area contributed by atoms with Crippen LogP contribution in [0.4, 0.5) is 5.69 Å². The van der Waals surface area contributed by atoms with Gasteiger partial charge in [-0.25, -0.2) is 0 Å². The summed E-state index contributed by atoms with van der Waals surface area (Å²) in [7, 11) is 0. The molecule has 2 amide bonds. The standard InChI is InChI=1S/C19H19NO2/c1-2-10-3-5-11(6-4-10)20-18(21)16-12-7-8-13(15-9-14(12)15)17(16)19(20)22/h3-8,12-17H,2,9H2,1H3/t12-,13-,14-,15-,16-,17+/m0/s1. The first kappa shape index (κ1) is 12.6. The molecule has 2 saturated carbocycles. The molecular formula is C19H19NO2. The molecule has 1 aromatic rings. The molecule has 3 fully saturated rings. The van der Waals surface area contributed by atoms with Crippen LogP contribution in [0, 0.1) is 35.5 Å². The van der Waals surface area contributed by atoms with E-state index in [2.05, 4.69) is 19.1 Å². The highest BCUT2D eigenvalue weighted by atomic mass is 16.2. The third-order valence-corrected chi connectivity index (χ3v) is 6.27. The van der Waals surface area contributed by atoms with E-state index < -0.39 is 0 Å². The van der Waals surface area contributed by atoms with Crippen LogP contribution in [0.15, 0.2) is 36.4 Å². The van der Waals surface area contributed by atoms with Crippen LogP contribution >= 0.6 is 0 Å². The van der Waals surface area contributed by atoms with Crippen molar-refractivity contribution in [2.45, 2.75) is 19.8 Å². The fourth-order valence-electron chi connectivity index (χ4n) is 5.09. The lowest BCUT2D eigenvalue weighted by Gasteiger charge is -2.37. The Morgan fingerprint density at radius 2 is 1.50 bits per heavy atom. The van der Waals surface area contributed by atoms with Gasteiger partial charge in [0.1, 0.15) is 0 Å². The highest BCUT2D eigenvalue weighted by Gasteiger charge is 2.67. The number of imide groups is 1. The topological polar surface area (TPSA) is 37.4 Å². The van der Waals surface area contributed by atoms with Gasteiger partial charge in [-0.2, -0.15) is 0 Å². The van der Waals surface area contributed by atoms with Gasteiger partial charge in [0.15, 0.2) is 0 Å². The zero-order chi connectivity index (χ0) is 15.0. The number of benzene rings is 1. The van der Waals surface area contributed by atoms with E-state index in [1.165, 1.54) is 16.9 Å². The molecule has 1 saturated heterocycles. The molecule has 5 aliphatic rings. The second-order valence-electron chi connectivity index (χ2n) is 7.19. The first-order valence-corrected chi connectivity index (χ1v) is 8.35. The molecule has 2 bridgehead atoms. The minimum absolute atomic E-state index is 0.0314. The molecule has 0 aromatic heterocycles. The fraction of sp³-hybridized carbons (Fsp3) is 0.474. The summed E-state index contributed by atoms with van der Waals surface area (Å²) in [4.78, 5) is 27.3. The second-order valence-corrected chi connectivity index (χ2v) is 7.19. The number of allylic oxidation sites excluding steroid dienone is 2. The summed E-state index contributed by atoms with van der Waals surface area (Å²) in [6.45, 7) is 2.10. The third kappa shape index (κ3) is 1.42. The molecule has 1 heterocycles. The number of anilines is 1. The third-order valence-electron chi connectivity index (χ3n) is 6.27. The van der Waals surface area contributed by atoms with Crippen molar-refractivity contribution >= 4 is 17.5 Å². The first-order chi connectivity index (χ1) is 10.7. The Hall–Kier alpha value is -1.90. The van der Waals surface area contributed by atoms with E-state index >= 15 is 0 Å². The number of aryl methyl sites for hydroxylation is 1. The first-order valence-electron chi connectivity index (χ1n) is 8.35. The van der Waals surface area contributed by atoms with Gasteiger partial charge in [-0.1, -0.05) is 31.2 Å².